The van der Waals surface area contributed by atoms with Crippen LogP contribution in [0.3, 0.4) is 0 Å². The lowest BCUT2D eigenvalue weighted by molar-refractivity contribution is -0.149. The van der Waals surface area contributed by atoms with Crippen molar-refractivity contribution in [2.45, 2.75) is 45.1 Å². The first-order chi connectivity index (χ1) is 8.43. The first-order valence-corrected chi connectivity index (χ1v) is 6.70. The van der Waals surface area contributed by atoms with Gasteiger partial charge >= 0.3 is 5.97 Å². The van der Waals surface area contributed by atoms with Crippen molar-refractivity contribution in [3.05, 3.63) is 0 Å². The number of hydrogen-bond donors (Lipinski definition) is 2. The summed E-state index contributed by atoms with van der Waals surface area (Å²) in [4.78, 5) is 25.0. The average Bonchev–Trinajstić information content (AvgIpc) is 3.04. The van der Waals surface area contributed by atoms with Gasteiger partial charge in [0, 0.05) is 12.6 Å². The number of nitrogens with zero attached hydrogens (tertiary/aromatic N) is 1. The van der Waals surface area contributed by atoms with Crippen molar-refractivity contribution in [2.75, 3.05) is 13.1 Å². The second-order valence-electron chi connectivity index (χ2n) is 5.94. The number of hydrogen-bond acceptors (Lipinski definition) is 3. The molecule has 2 atom stereocenters. The van der Waals surface area contributed by atoms with Crippen molar-refractivity contribution < 1.29 is 14.7 Å². The fourth-order valence-electron chi connectivity index (χ4n) is 2.81. The van der Waals surface area contributed by atoms with E-state index in [1.807, 2.05) is 6.92 Å². The summed E-state index contributed by atoms with van der Waals surface area (Å²) in [5.41, 5.74) is 5.47. The molecule has 0 radical (unpaired) electrons. The molecule has 1 amide bonds. The largest absolute Gasteiger partial charge is 0.480 e. The fraction of sp³-hybridized carbons (Fsp3) is 0.846. The molecule has 2 aliphatic carbocycles. The lowest BCUT2D eigenvalue weighted by atomic mass is 9.83. The third-order valence-corrected chi connectivity index (χ3v) is 4.31. The standard InChI is InChI=1S/C13H22N2O3/c1-13(6-2-3-10(13)14)12(18)15(8-11(16)17)7-9-4-5-9/h9-10H,2-8,14H2,1H3,(H,16,17). The van der Waals surface area contributed by atoms with Gasteiger partial charge in [0.2, 0.25) is 5.91 Å². The molecule has 2 aliphatic rings. The van der Waals surface area contributed by atoms with Crippen LogP contribution in [-0.2, 0) is 9.59 Å². The lowest BCUT2D eigenvalue weighted by Gasteiger charge is -2.33. The van der Waals surface area contributed by atoms with E-state index in [0.717, 1.165) is 32.1 Å². The molecule has 0 aliphatic heterocycles. The predicted molar refractivity (Wildman–Crippen MR) is 66.9 cm³/mol. The summed E-state index contributed by atoms with van der Waals surface area (Å²) in [5.74, 6) is -0.518. The van der Waals surface area contributed by atoms with Crippen LogP contribution < -0.4 is 5.73 Å². The molecular weight excluding hydrogens is 232 g/mol. The Balaban J connectivity index is 2.08. The van der Waals surface area contributed by atoms with Crippen molar-refractivity contribution in [3.8, 4) is 0 Å². The van der Waals surface area contributed by atoms with E-state index in [-0.39, 0.29) is 18.5 Å². The smallest absolute Gasteiger partial charge is 0.323 e. The zero-order valence-corrected chi connectivity index (χ0v) is 10.9. The molecule has 3 N–H and O–H groups in total. The molecule has 2 unspecified atom stereocenters. The SMILES string of the molecule is CC1(C(=O)N(CC(=O)O)CC2CC2)CCCC1N. The maximum Gasteiger partial charge on any atom is 0.323 e. The highest BCUT2D eigenvalue weighted by Crippen LogP contribution is 2.39. The van der Waals surface area contributed by atoms with Crippen molar-refractivity contribution in [1.29, 1.82) is 0 Å². The van der Waals surface area contributed by atoms with Crippen molar-refractivity contribution in [2.24, 2.45) is 17.1 Å². The van der Waals surface area contributed by atoms with Crippen LogP contribution in [0.1, 0.15) is 39.0 Å². The topological polar surface area (TPSA) is 83.6 Å². The van der Waals surface area contributed by atoms with E-state index in [1.165, 1.54) is 4.90 Å². The van der Waals surface area contributed by atoms with Crippen LogP contribution in [0.4, 0.5) is 0 Å². The van der Waals surface area contributed by atoms with Crippen LogP contribution in [0, 0.1) is 11.3 Å². The molecular formula is C13H22N2O3. The van der Waals surface area contributed by atoms with Gasteiger partial charge in [0.05, 0.1) is 5.41 Å². The third kappa shape index (κ3) is 2.66. The third-order valence-electron chi connectivity index (χ3n) is 4.31. The predicted octanol–water partition coefficient (Wildman–Crippen LogP) is 0.827. The zero-order chi connectivity index (χ0) is 13.3. The molecule has 102 valence electrons. The molecule has 0 saturated heterocycles. The highest BCUT2D eigenvalue weighted by molar-refractivity contribution is 5.86. The van der Waals surface area contributed by atoms with Gasteiger partial charge in [-0.3, -0.25) is 9.59 Å². The summed E-state index contributed by atoms with van der Waals surface area (Å²) in [6.07, 6.45) is 4.78. The Labute approximate surface area is 107 Å². The molecule has 2 rings (SSSR count). The molecule has 18 heavy (non-hydrogen) atoms. The van der Waals surface area contributed by atoms with E-state index in [0.29, 0.717) is 12.5 Å². The molecule has 2 fully saturated rings. The number of rotatable bonds is 5. The van der Waals surface area contributed by atoms with Gasteiger partial charge in [-0.2, -0.15) is 0 Å². The van der Waals surface area contributed by atoms with Crippen molar-refractivity contribution in [1.82, 2.24) is 4.90 Å². The van der Waals surface area contributed by atoms with E-state index in [9.17, 15) is 9.59 Å². The minimum absolute atomic E-state index is 0.0678. The van der Waals surface area contributed by atoms with Crippen LogP contribution in [0.25, 0.3) is 0 Å². The minimum atomic E-state index is -0.945. The van der Waals surface area contributed by atoms with Crippen LogP contribution in [0.5, 0.6) is 0 Å². The summed E-state index contributed by atoms with van der Waals surface area (Å²) < 4.78 is 0. The summed E-state index contributed by atoms with van der Waals surface area (Å²) in [5, 5.41) is 8.93. The molecule has 0 heterocycles. The van der Waals surface area contributed by atoms with E-state index < -0.39 is 11.4 Å². The Bertz CT molecular complexity index is 354. The first kappa shape index (κ1) is 13.3. The van der Waals surface area contributed by atoms with Gasteiger partial charge in [-0.15, -0.1) is 0 Å². The zero-order valence-electron chi connectivity index (χ0n) is 10.9. The first-order valence-electron chi connectivity index (χ1n) is 6.70. The van der Waals surface area contributed by atoms with E-state index in [2.05, 4.69) is 0 Å². The number of aliphatic carboxylic acids is 1. The number of amides is 1. The highest BCUT2D eigenvalue weighted by atomic mass is 16.4. The summed E-state index contributed by atoms with van der Waals surface area (Å²) >= 11 is 0. The molecule has 0 aromatic heterocycles. The van der Waals surface area contributed by atoms with E-state index in [4.69, 9.17) is 10.8 Å². The maximum atomic E-state index is 12.6. The Morgan fingerprint density at radius 1 is 1.39 bits per heavy atom. The number of carboxylic acid groups (broad SMARTS) is 1. The molecule has 5 nitrogen and oxygen atoms in total. The number of carboxylic acids is 1. The Kier molecular flexibility index (Phi) is 3.61. The van der Waals surface area contributed by atoms with E-state index in [1.54, 1.807) is 0 Å². The fourth-order valence-corrected chi connectivity index (χ4v) is 2.81. The highest BCUT2D eigenvalue weighted by Gasteiger charge is 2.46. The van der Waals surface area contributed by atoms with Crippen LogP contribution in [0.2, 0.25) is 0 Å². The van der Waals surface area contributed by atoms with Gasteiger partial charge in [0.25, 0.3) is 0 Å². The molecule has 5 heteroatoms. The molecule has 0 aromatic rings. The van der Waals surface area contributed by atoms with Gasteiger partial charge in [0.15, 0.2) is 0 Å². The van der Waals surface area contributed by atoms with Gasteiger partial charge in [-0.25, -0.2) is 0 Å². The van der Waals surface area contributed by atoms with E-state index >= 15 is 0 Å². The van der Waals surface area contributed by atoms with Crippen molar-refractivity contribution in [3.63, 3.8) is 0 Å². The second kappa shape index (κ2) is 4.88. The summed E-state index contributed by atoms with van der Waals surface area (Å²) in [7, 11) is 0. The van der Waals surface area contributed by atoms with Gasteiger partial charge < -0.3 is 15.7 Å². The number of nitrogens with two attached hydrogens (primary N) is 1. The summed E-state index contributed by atoms with van der Waals surface area (Å²) in [6, 6.07) is -0.138. The van der Waals surface area contributed by atoms with Crippen LogP contribution in [-0.4, -0.2) is 41.0 Å². The number of carbonyl (C=O) groups is 2. The van der Waals surface area contributed by atoms with Gasteiger partial charge in [0.1, 0.15) is 6.54 Å². The lowest BCUT2D eigenvalue weighted by Crippen LogP contribution is -2.51. The van der Waals surface area contributed by atoms with Crippen molar-refractivity contribution >= 4 is 11.9 Å². The number of carbonyl (C=O) groups excluding carboxylic acids is 1. The molecule has 2 saturated carbocycles. The quantitative estimate of drug-likeness (QED) is 0.761. The normalized spacial score (nSPS) is 31.3. The Hall–Kier alpha value is -1.10. The minimum Gasteiger partial charge on any atom is -0.480 e. The molecule has 0 aromatic carbocycles. The monoisotopic (exact) mass is 254 g/mol. The van der Waals surface area contributed by atoms with Gasteiger partial charge in [-0.05, 0) is 38.5 Å². The maximum absolute atomic E-state index is 12.6. The summed E-state index contributed by atoms with van der Waals surface area (Å²) in [6.45, 7) is 2.26. The second-order valence-corrected chi connectivity index (χ2v) is 5.94. The molecule has 0 bridgehead atoms. The van der Waals surface area contributed by atoms with Crippen LogP contribution >= 0.6 is 0 Å². The Morgan fingerprint density at radius 2 is 2.06 bits per heavy atom. The van der Waals surface area contributed by atoms with Gasteiger partial charge in [-0.1, -0.05) is 6.42 Å². The Morgan fingerprint density at radius 3 is 2.50 bits per heavy atom. The molecule has 0 spiro atoms. The average molecular weight is 254 g/mol. The van der Waals surface area contributed by atoms with Crippen LogP contribution in [0.15, 0.2) is 0 Å².